The molecule has 0 aliphatic heterocycles. The lowest BCUT2D eigenvalue weighted by Gasteiger charge is -2.18. The van der Waals surface area contributed by atoms with Crippen LogP contribution in [0.1, 0.15) is 0 Å². The third-order valence-corrected chi connectivity index (χ3v) is 18.4. The van der Waals surface area contributed by atoms with Gasteiger partial charge >= 0.3 is 0 Å². The average molecular weight is 1060 g/mol. The maximum atomic E-state index is 6.85. The zero-order valence-electron chi connectivity index (χ0n) is 44.5. The van der Waals surface area contributed by atoms with E-state index in [1.165, 1.54) is 141 Å². The predicted octanol–water partition coefficient (Wildman–Crippen LogP) is 23.4. The van der Waals surface area contributed by atoms with E-state index >= 15 is 0 Å². The summed E-state index contributed by atoms with van der Waals surface area (Å²) in [6.45, 7) is 0. The van der Waals surface area contributed by atoms with E-state index in [4.69, 9.17) is 4.42 Å². The molecule has 1 nitrogen and oxygen atoms in total. The largest absolute Gasteiger partial charge is 0.455 e. The summed E-state index contributed by atoms with van der Waals surface area (Å²) in [6.07, 6.45) is 0. The molecule has 0 saturated carbocycles. The number of fused-ring (bicyclic) bond motifs is 11. The van der Waals surface area contributed by atoms with E-state index < -0.39 is 0 Å². The molecule has 17 aromatic rings. The van der Waals surface area contributed by atoms with Crippen LogP contribution in [0, 0.1) is 0 Å². The highest BCUT2D eigenvalue weighted by Gasteiger charge is 2.21. The van der Waals surface area contributed by atoms with Gasteiger partial charge in [0.15, 0.2) is 0 Å². The molecule has 0 aliphatic carbocycles. The average Bonchev–Trinajstić information content (AvgIpc) is 3.85. The number of hydrogen-bond acceptors (Lipinski definition) is 2. The quantitative estimate of drug-likeness (QED) is 0.145. The summed E-state index contributed by atoms with van der Waals surface area (Å²) < 4.78 is 9.49. The number of hydrogen-bond donors (Lipinski definition) is 0. The molecule has 0 bridgehead atoms. The molecule has 0 fully saturated rings. The SMILES string of the molecule is c1cc(-c2ccc3ccccc3c2)cc(-c2c3ccccc3c(-c3ccc4oc5c(-c6ccc(-c7ccc(-c8c9ccccc9c(-c9ccc%10sc%11ccccc%11c%10c9)c9ccccc89)cc7)cc6)cccc5c4c3)c3ccccc23)c1. The van der Waals surface area contributed by atoms with E-state index in [2.05, 4.69) is 291 Å². The monoisotopic (exact) mass is 1060 g/mol. The summed E-state index contributed by atoms with van der Waals surface area (Å²) in [7, 11) is 0. The van der Waals surface area contributed by atoms with E-state index in [1.807, 2.05) is 11.3 Å². The number of benzene rings is 15. The molecule has 0 radical (unpaired) electrons. The Morgan fingerprint density at radius 2 is 0.610 bits per heavy atom. The first-order valence-corrected chi connectivity index (χ1v) is 29.0. The molecule has 2 heterocycles. The minimum absolute atomic E-state index is 0.877. The minimum atomic E-state index is 0.877. The van der Waals surface area contributed by atoms with Gasteiger partial charge in [0.05, 0.1) is 0 Å². The van der Waals surface area contributed by atoms with Crippen molar-refractivity contribution in [3.63, 3.8) is 0 Å². The molecule has 0 aliphatic rings. The van der Waals surface area contributed by atoms with Crippen molar-refractivity contribution in [3.8, 4) is 77.9 Å². The topological polar surface area (TPSA) is 13.1 Å². The molecule has 2 aromatic heterocycles. The van der Waals surface area contributed by atoms with Crippen molar-refractivity contribution in [2.75, 3.05) is 0 Å². The first kappa shape index (κ1) is 46.5. The standard InChI is InChI=1S/C80H48OS/c1-2-16-54-45-56(40-35-49(54)15-1)55-17-13-18-57(46-55)77-66-24-7-9-26-68(66)78(69-27-10-8-25-67(69)77)58-41-43-73-71(47-58)70-29-14-28-60(80(70)81-73)52-36-31-50(32-37-52)51-33-38-53(39-34-51)76-62-20-3-5-22-64(62)79(65-23-6-4-21-63(65)76)59-42-44-75-72(48-59)61-19-11-12-30-74(61)82-75/h1-48H. The smallest absolute Gasteiger partial charge is 0.143 e. The van der Waals surface area contributed by atoms with Crippen molar-refractivity contribution in [1.82, 2.24) is 0 Å². The van der Waals surface area contributed by atoms with E-state index in [1.54, 1.807) is 0 Å². The van der Waals surface area contributed by atoms with Crippen molar-refractivity contribution >= 4 is 107 Å². The van der Waals surface area contributed by atoms with Crippen LogP contribution in [-0.2, 0) is 0 Å². The van der Waals surface area contributed by atoms with Crippen LogP contribution in [0.5, 0.6) is 0 Å². The molecular formula is C80H48OS. The highest BCUT2D eigenvalue weighted by atomic mass is 32.1. The van der Waals surface area contributed by atoms with E-state index in [0.29, 0.717) is 0 Å². The van der Waals surface area contributed by atoms with Crippen LogP contribution in [0.2, 0.25) is 0 Å². The highest BCUT2D eigenvalue weighted by Crippen LogP contribution is 2.48. The van der Waals surface area contributed by atoms with Gasteiger partial charge in [0.2, 0.25) is 0 Å². The molecule has 82 heavy (non-hydrogen) atoms. The zero-order valence-corrected chi connectivity index (χ0v) is 45.3. The minimum Gasteiger partial charge on any atom is -0.455 e. The van der Waals surface area contributed by atoms with Gasteiger partial charge in [0, 0.05) is 36.5 Å². The normalized spacial score (nSPS) is 11.9. The van der Waals surface area contributed by atoms with Crippen molar-refractivity contribution in [1.29, 1.82) is 0 Å². The van der Waals surface area contributed by atoms with Crippen LogP contribution in [0.25, 0.3) is 174 Å². The van der Waals surface area contributed by atoms with Gasteiger partial charge in [-0.15, -0.1) is 11.3 Å². The van der Waals surface area contributed by atoms with Crippen LogP contribution in [0.3, 0.4) is 0 Å². The molecule has 0 spiro atoms. The summed E-state index contributed by atoms with van der Waals surface area (Å²) in [4.78, 5) is 0. The summed E-state index contributed by atoms with van der Waals surface area (Å²) in [5.41, 5.74) is 18.6. The second kappa shape index (κ2) is 18.6. The van der Waals surface area contributed by atoms with Gasteiger partial charge in [0.25, 0.3) is 0 Å². The Labute approximate surface area is 477 Å². The first-order valence-electron chi connectivity index (χ1n) is 28.2. The van der Waals surface area contributed by atoms with E-state index in [0.717, 1.165) is 33.1 Å². The number of thiophene rings is 1. The van der Waals surface area contributed by atoms with Gasteiger partial charge in [-0.25, -0.2) is 0 Å². The summed E-state index contributed by atoms with van der Waals surface area (Å²) in [5, 5.41) is 17.3. The zero-order chi connectivity index (χ0) is 53.8. The number of para-hydroxylation sites is 1. The lowest BCUT2D eigenvalue weighted by atomic mass is 9.85. The summed E-state index contributed by atoms with van der Waals surface area (Å²) in [5.74, 6) is 0. The Bertz CT molecular complexity index is 5330. The Hall–Kier alpha value is -10.4. The summed E-state index contributed by atoms with van der Waals surface area (Å²) >= 11 is 1.87. The second-order valence-electron chi connectivity index (χ2n) is 21.8. The Kier molecular flexibility index (Phi) is 10.6. The number of furan rings is 1. The maximum Gasteiger partial charge on any atom is 0.143 e. The molecular weight excluding hydrogens is 1010 g/mol. The van der Waals surface area contributed by atoms with Crippen LogP contribution < -0.4 is 0 Å². The molecule has 0 saturated heterocycles. The fraction of sp³-hybridized carbons (Fsp3) is 0. The van der Waals surface area contributed by atoms with Crippen molar-refractivity contribution < 1.29 is 4.42 Å². The van der Waals surface area contributed by atoms with Gasteiger partial charge in [-0.1, -0.05) is 249 Å². The van der Waals surface area contributed by atoms with Gasteiger partial charge in [-0.3, -0.25) is 0 Å². The third kappa shape index (κ3) is 7.39. The van der Waals surface area contributed by atoms with Crippen LogP contribution in [0.4, 0.5) is 0 Å². The van der Waals surface area contributed by atoms with Crippen LogP contribution in [0.15, 0.2) is 296 Å². The molecule has 2 heteroatoms. The molecule has 17 rings (SSSR count). The Balaban J connectivity index is 0.709. The highest BCUT2D eigenvalue weighted by molar-refractivity contribution is 7.25. The maximum absolute atomic E-state index is 6.85. The predicted molar refractivity (Wildman–Crippen MR) is 352 cm³/mol. The molecule has 15 aromatic carbocycles. The molecule has 0 amide bonds. The fourth-order valence-corrected chi connectivity index (χ4v) is 14.5. The van der Waals surface area contributed by atoms with E-state index in [-0.39, 0.29) is 0 Å². The van der Waals surface area contributed by atoms with Gasteiger partial charge in [0.1, 0.15) is 11.2 Å². The van der Waals surface area contributed by atoms with Crippen molar-refractivity contribution in [2.24, 2.45) is 0 Å². The van der Waals surface area contributed by atoms with Crippen LogP contribution >= 0.6 is 11.3 Å². The van der Waals surface area contributed by atoms with Gasteiger partial charge in [-0.2, -0.15) is 0 Å². The lowest BCUT2D eigenvalue weighted by Crippen LogP contribution is -1.91. The molecule has 0 unspecified atom stereocenters. The number of rotatable bonds is 7. The van der Waals surface area contributed by atoms with E-state index in [9.17, 15) is 0 Å². The Morgan fingerprint density at radius 3 is 1.22 bits per heavy atom. The molecule has 0 N–H and O–H groups in total. The first-order chi connectivity index (χ1) is 40.6. The second-order valence-corrected chi connectivity index (χ2v) is 22.9. The van der Waals surface area contributed by atoms with Gasteiger partial charge < -0.3 is 4.42 Å². The Morgan fingerprint density at radius 1 is 0.207 bits per heavy atom. The fourth-order valence-electron chi connectivity index (χ4n) is 13.5. The van der Waals surface area contributed by atoms with Gasteiger partial charge in [-0.05, 0) is 169 Å². The summed E-state index contributed by atoms with van der Waals surface area (Å²) in [6, 6.07) is 107. The molecule has 0 atom stereocenters. The van der Waals surface area contributed by atoms with Crippen molar-refractivity contribution in [3.05, 3.63) is 291 Å². The van der Waals surface area contributed by atoms with Crippen LogP contribution in [-0.4, -0.2) is 0 Å². The van der Waals surface area contributed by atoms with Crippen molar-refractivity contribution in [2.45, 2.75) is 0 Å². The molecule has 380 valence electrons. The third-order valence-electron chi connectivity index (χ3n) is 17.3. The lowest BCUT2D eigenvalue weighted by molar-refractivity contribution is 0.670.